The molecule has 2 aromatic carbocycles. The molecule has 7 heteroatoms. The molecule has 0 spiro atoms. The quantitative estimate of drug-likeness (QED) is 0.727. The van der Waals surface area contributed by atoms with Gasteiger partial charge in [-0.2, -0.15) is 0 Å². The van der Waals surface area contributed by atoms with Crippen LogP contribution >= 0.6 is 11.8 Å². The first kappa shape index (κ1) is 17.6. The average Bonchev–Trinajstić information content (AvgIpc) is 3.04. The maximum Gasteiger partial charge on any atom is 0.240 e. The minimum absolute atomic E-state index is 0.0588. The highest BCUT2D eigenvalue weighted by atomic mass is 32.2. The van der Waals surface area contributed by atoms with E-state index in [-0.39, 0.29) is 17.2 Å². The van der Waals surface area contributed by atoms with Gasteiger partial charge in [0, 0.05) is 5.69 Å². The number of thioether (sulfide) groups is 1. The highest BCUT2D eigenvalue weighted by Gasteiger charge is 2.37. The number of benzene rings is 2. The van der Waals surface area contributed by atoms with Crippen LogP contribution in [0.25, 0.3) is 0 Å². The minimum Gasteiger partial charge on any atom is -0.325 e. The summed E-state index contributed by atoms with van der Waals surface area (Å²) in [7, 11) is 0. The molecular weight excluding hydrogens is 358 g/mol. The third kappa shape index (κ3) is 3.42. The number of anilines is 1. The summed E-state index contributed by atoms with van der Waals surface area (Å²) in [5.74, 6) is 0.711. The summed E-state index contributed by atoms with van der Waals surface area (Å²) in [6.07, 6.45) is 0. The lowest BCUT2D eigenvalue weighted by Gasteiger charge is -2.32. The maximum absolute atomic E-state index is 13.1. The van der Waals surface area contributed by atoms with Gasteiger partial charge in [0.25, 0.3) is 0 Å². The van der Waals surface area contributed by atoms with Gasteiger partial charge in [-0.1, -0.05) is 48.2 Å². The molecule has 0 saturated carbocycles. The summed E-state index contributed by atoms with van der Waals surface area (Å²) in [6, 6.07) is 15.8. The fourth-order valence-corrected chi connectivity index (χ4v) is 4.23. The van der Waals surface area contributed by atoms with Gasteiger partial charge in [-0.05, 0) is 49.6 Å². The predicted molar refractivity (Wildman–Crippen MR) is 107 cm³/mol. The number of amides is 1. The predicted octanol–water partition coefficient (Wildman–Crippen LogP) is 3.60. The van der Waals surface area contributed by atoms with E-state index in [2.05, 4.69) is 27.9 Å². The number of hydrogen-bond donors (Lipinski definition) is 2. The van der Waals surface area contributed by atoms with E-state index in [0.717, 1.165) is 22.6 Å². The Labute approximate surface area is 162 Å². The van der Waals surface area contributed by atoms with E-state index in [1.807, 2.05) is 67.1 Å². The van der Waals surface area contributed by atoms with E-state index in [1.54, 1.807) is 0 Å². The van der Waals surface area contributed by atoms with Gasteiger partial charge in [0.15, 0.2) is 0 Å². The van der Waals surface area contributed by atoms with E-state index in [1.165, 1.54) is 17.3 Å². The van der Waals surface area contributed by atoms with E-state index < -0.39 is 0 Å². The first-order valence-corrected chi connectivity index (χ1v) is 9.69. The van der Waals surface area contributed by atoms with Crippen LogP contribution in [0.4, 0.5) is 5.69 Å². The molecule has 0 fully saturated rings. The zero-order valence-corrected chi connectivity index (χ0v) is 16.2. The Hall–Kier alpha value is -2.80. The molecule has 2 heterocycles. The molecule has 0 saturated heterocycles. The van der Waals surface area contributed by atoms with Gasteiger partial charge in [-0.3, -0.25) is 4.79 Å². The lowest BCUT2D eigenvalue weighted by Crippen LogP contribution is -2.41. The molecule has 2 N–H and O–H groups in total. The zero-order valence-electron chi connectivity index (χ0n) is 15.4. The lowest BCUT2D eigenvalue weighted by atomic mass is 10.0. The molecule has 0 unspecified atom stereocenters. The molecule has 2 atom stereocenters. The number of carbonyl (C=O) groups excluding carboxylic acids is 1. The number of carbonyl (C=O) groups is 1. The van der Waals surface area contributed by atoms with Crippen molar-refractivity contribution in [1.29, 1.82) is 0 Å². The third-order valence-corrected chi connectivity index (χ3v) is 6.01. The summed E-state index contributed by atoms with van der Waals surface area (Å²) < 4.78 is 1.85. The lowest BCUT2D eigenvalue weighted by molar-refractivity contribution is -0.116. The van der Waals surface area contributed by atoms with Crippen LogP contribution in [-0.4, -0.2) is 26.0 Å². The molecule has 3 aromatic rings. The van der Waals surface area contributed by atoms with Gasteiger partial charge < -0.3 is 10.7 Å². The molecule has 0 aliphatic carbocycles. The molecule has 1 amide bonds. The average molecular weight is 379 g/mol. The molecule has 4 rings (SSSR count). The smallest absolute Gasteiger partial charge is 0.240 e. The number of fused-ring (bicyclic) bond motifs is 1. The van der Waals surface area contributed by atoms with E-state index in [4.69, 9.17) is 0 Å². The Balaban J connectivity index is 1.65. The standard InChI is InChI=1S/C20H21N5OS/c1-12-9-10-16(11-13(12)2)21-19(26)18-17(15-7-5-4-6-8-15)24-25-14(3)22-23-20(25)27-18/h4-11,17-18,24H,1-3H3,(H,21,26)/t17-,18+/m0/s1. The second-order valence-electron chi connectivity index (χ2n) is 6.71. The summed E-state index contributed by atoms with van der Waals surface area (Å²) in [5.41, 5.74) is 7.61. The molecule has 1 aliphatic rings. The van der Waals surface area contributed by atoms with Crippen molar-refractivity contribution in [2.45, 2.75) is 37.2 Å². The number of hydrogen-bond acceptors (Lipinski definition) is 5. The fourth-order valence-electron chi connectivity index (χ4n) is 3.10. The van der Waals surface area contributed by atoms with Crippen LogP contribution < -0.4 is 10.7 Å². The van der Waals surface area contributed by atoms with Crippen molar-refractivity contribution in [3.63, 3.8) is 0 Å². The Kier molecular flexibility index (Phi) is 4.61. The van der Waals surface area contributed by atoms with Crippen molar-refractivity contribution in [2.75, 3.05) is 10.7 Å². The van der Waals surface area contributed by atoms with E-state index >= 15 is 0 Å². The Bertz CT molecular complexity index is 985. The third-order valence-electron chi connectivity index (χ3n) is 4.79. The number of nitrogens with one attached hydrogen (secondary N) is 2. The Morgan fingerprint density at radius 3 is 2.59 bits per heavy atom. The molecule has 1 aromatic heterocycles. The summed E-state index contributed by atoms with van der Waals surface area (Å²) in [5, 5.41) is 11.7. The molecule has 0 radical (unpaired) electrons. The fraction of sp³-hybridized carbons (Fsp3) is 0.250. The number of aryl methyl sites for hydroxylation is 3. The van der Waals surface area contributed by atoms with Gasteiger partial charge in [-0.15, -0.1) is 10.2 Å². The van der Waals surface area contributed by atoms with Crippen LogP contribution in [-0.2, 0) is 4.79 Å². The van der Waals surface area contributed by atoms with Crippen molar-refractivity contribution >= 4 is 23.4 Å². The van der Waals surface area contributed by atoms with Gasteiger partial charge in [0.2, 0.25) is 11.1 Å². The highest BCUT2D eigenvalue weighted by Crippen LogP contribution is 2.37. The molecule has 27 heavy (non-hydrogen) atoms. The summed E-state index contributed by atoms with van der Waals surface area (Å²) >= 11 is 1.43. The van der Waals surface area contributed by atoms with Gasteiger partial charge >= 0.3 is 0 Å². The van der Waals surface area contributed by atoms with Crippen molar-refractivity contribution < 1.29 is 4.79 Å². The number of nitrogens with zero attached hydrogens (tertiary/aromatic N) is 3. The van der Waals surface area contributed by atoms with Crippen LogP contribution in [0.15, 0.2) is 53.7 Å². The van der Waals surface area contributed by atoms with Crippen molar-refractivity contribution in [3.8, 4) is 0 Å². The normalized spacial score (nSPS) is 18.5. The molecule has 1 aliphatic heterocycles. The Morgan fingerprint density at radius 1 is 1.07 bits per heavy atom. The topological polar surface area (TPSA) is 71.8 Å². The van der Waals surface area contributed by atoms with Crippen molar-refractivity contribution in [1.82, 2.24) is 14.9 Å². The van der Waals surface area contributed by atoms with Crippen LogP contribution in [0.1, 0.15) is 28.6 Å². The first-order chi connectivity index (χ1) is 13.0. The summed E-state index contributed by atoms with van der Waals surface area (Å²) in [4.78, 5) is 13.1. The van der Waals surface area contributed by atoms with Crippen LogP contribution in [0.3, 0.4) is 0 Å². The SMILES string of the molecule is Cc1ccc(NC(=O)[C@@H]2Sc3nnc(C)n3N[C@H]2c2ccccc2)cc1C. The molecule has 0 bridgehead atoms. The number of rotatable bonds is 3. The van der Waals surface area contributed by atoms with Crippen molar-refractivity contribution in [2.24, 2.45) is 0 Å². The largest absolute Gasteiger partial charge is 0.325 e. The van der Waals surface area contributed by atoms with Gasteiger partial charge in [0.05, 0.1) is 6.04 Å². The number of aromatic nitrogens is 3. The van der Waals surface area contributed by atoms with Crippen LogP contribution in [0.5, 0.6) is 0 Å². The van der Waals surface area contributed by atoms with E-state index in [9.17, 15) is 4.79 Å². The minimum atomic E-state index is -0.370. The van der Waals surface area contributed by atoms with E-state index in [0.29, 0.717) is 5.16 Å². The van der Waals surface area contributed by atoms with Gasteiger partial charge in [-0.25, -0.2) is 4.68 Å². The molecular formula is C20H21N5OS. The summed E-state index contributed by atoms with van der Waals surface area (Å²) in [6.45, 7) is 5.99. The first-order valence-electron chi connectivity index (χ1n) is 8.81. The monoisotopic (exact) mass is 379 g/mol. The zero-order chi connectivity index (χ0) is 19.0. The molecule has 138 valence electrons. The van der Waals surface area contributed by atoms with Crippen LogP contribution in [0, 0.1) is 20.8 Å². The maximum atomic E-state index is 13.1. The highest BCUT2D eigenvalue weighted by molar-refractivity contribution is 8.00. The molecule has 6 nitrogen and oxygen atoms in total. The Morgan fingerprint density at radius 2 is 1.85 bits per heavy atom. The van der Waals surface area contributed by atoms with Gasteiger partial charge in [0.1, 0.15) is 11.1 Å². The second-order valence-corrected chi connectivity index (χ2v) is 7.82. The van der Waals surface area contributed by atoms with Crippen molar-refractivity contribution in [3.05, 3.63) is 71.0 Å². The second kappa shape index (κ2) is 7.08. The van der Waals surface area contributed by atoms with Crippen LogP contribution in [0.2, 0.25) is 0 Å².